The third-order valence-corrected chi connectivity index (χ3v) is 11.9. The van der Waals surface area contributed by atoms with Crippen molar-refractivity contribution in [3.05, 3.63) is 186 Å². The fraction of sp³-hybridized carbons (Fsp3) is 0.184. The van der Waals surface area contributed by atoms with Crippen LogP contribution in [-0.4, -0.2) is 9.13 Å². The lowest BCUT2D eigenvalue weighted by Gasteiger charge is -2.36. The van der Waals surface area contributed by atoms with E-state index in [9.17, 15) is 0 Å². The molecule has 2 heterocycles. The average molecular weight is 661 g/mol. The highest BCUT2D eigenvalue weighted by atomic mass is 15.1. The Balaban J connectivity index is 0.980. The Morgan fingerprint density at radius 3 is 1.31 bits per heavy atom. The Labute approximate surface area is 301 Å². The van der Waals surface area contributed by atoms with Gasteiger partial charge in [0.25, 0.3) is 0 Å². The summed E-state index contributed by atoms with van der Waals surface area (Å²) in [4.78, 5) is 0. The topological polar surface area (TPSA) is 9.86 Å². The second-order valence-corrected chi connectivity index (χ2v) is 15.7. The molecule has 1 unspecified atom stereocenters. The van der Waals surface area contributed by atoms with Crippen LogP contribution in [0.25, 0.3) is 49.3 Å². The first-order valence-corrected chi connectivity index (χ1v) is 18.3. The molecular weight excluding hydrogens is 617 g/mol. The maximum atomic E-state index is 2.54. The molecule has 8 aromatic rings. The first-order chi connectivity index (χ1) is 24.7. The third kappa shape index (κ3) is 4.84. The summed E-state index contributed by atoms with van der Waals surface area (Å²) in [5.74, 6) is 0. The molecule has 0 saturated carbocycles. The quantitative estimate of drug-likeness (QED) is 0.168. The largest absolute Gasteiger partial charge is 0.331 e. The van der Waals surface area contributed by atoms with Crippen LogP contribution in [0.3, 0.4) is 0 Å². The van der Waals surface area contributed by atoms with E-state index in [1.165, 1.54) is 71.6 Å². The zero-order chi connectivity index (χ0) is 35.0. The van der Waals surface area contributed by atoms with Gasteiger partial charge >= 0.3 is 0 Å². The van der Waals surface area contributed by atoms with E-state index < -0.39 is 0 Å². The molecule has 0 aliphatic heterocycles. The highest BCUT2D eigenvalue weighted by Gasteiger charge is 2.33. The van der Waals surface area contributed by atoms with E-state index in [1.54, 1.807) is 0 Å². The van der Waals surface area contributed by atoms with Gasteiger partial charge < -0.3 is 9.13 Å². The molecule has 250 valence electrons. The predicted octanol–water partition coefficient (Wildman–Crippen LogP) is 12.8. The van der Waals surface area contributed by atoms with Crippen molar-refractivity contribution >= 4 is 43.6 Å². The van der Waals surface area contributed by atoms with Crippen LogP contribution in [0.4, 0.5) is 0 Å². The molecule has 1 atom stereocenters. The minimum atomic E-state index is -0.146. The summed E-state index contributed by atoms with van der Waals surface area (Å²) in [6.45, 7) is 11.8. The molecule has 51 heavy (non-hydrogen) atoms. The van der Waals surface area contributed by atoms with Crippen LogP contribution in [-0.2, 0) is 16.4 Å². The van der Waals surface area contributed by atoms with E-state index in [0.29, 0.717) is 0 Å². The molecule has 1 aliphatic rings. The predicted molar refractivity (Wildman–Crippen MR) is 217 cm³/mol. The molecule has 2 aromatic heterocycles. The van der Waals surface area contributed by atoms with Gasteiger partial charge in [-0.25, -0.2) is 0 Å². The lowest BCUT2D eigenvalue weighted by molar-refractivity contribution is 0.430. The number of hydrogen-bond donors (Lipinski definition) is 0. The number of allylic oxidation sites excluding steroid dienone is 4. The SMILES string of the molecule is CC(C)(C1=CCC(C)(n2c3ccccc3c3ccccc32)C=C1)c1ccc(C(C)(C)c2ccc(-n3c4ccccc4c4ccccc43)cc2)cc1. The lowest BCUT2D eigenvalue weighted by atomic mass is 9.72. The lowest BCUT2D eigenvalue weighted by Crippen LogP contribution is -2.31. The number of rotatable bonds is 6. The van der Waals surface area contributed by atoms with Crippen molar-refractivity contribution in [3.63, 3.8) is 0 Å². The van der Waals surface area contributed by atoms with E-state index in [1.807, 2.05) is 0 Å². The van der Waals surface area contributed by atoms with Crippen molar-refractivity contribution in [2.24, 2.45) is 0 Å². The monoisotopic (exact) mass is 660 g/mol. The van der Waals surface area contributed by atoms with Crippen molar-refractivity contribution in [1.82, 2.24) is 9.13 Å². The minimum absolute atomic E-state index is 0.120. The highest BCUT2D eigenvalue weighted by molar-refractivity contribution is 6.09. The zero-order valence-electron chi connectivity index (χ0n) is 30.2. The molecule has 0 amide bonds. The van der Waals surface area contributed by atoms with Gasteiger partial charge in [-0.05, 0) is 72.0 Å². The number of fused-ring (bicyclic) bond motifs is 6. The molecule has 0 radical (unpaired) electrons. The Morgan fingerprint density at radius 1 is 0.471 bits per heavy atom. The normalized spacial score (nSPS) is 16.8. The fourth-order valence-electron chi connectivity index (χ4n) is 8.69. The zero-order valence-corrected chi connectivity index (χ0v) is 30.2. The van der Waals surface area contributed by atoms with Crippen LogP contribution < -0.4 is 0 Å². The summed E-state index contributed by atoms with van der Waals surface area (Å²) in [5, 5.41) is 5.22. The first-order valence-electron chi connectivity index (χ1n) is 18.3. The summed E-state index contributed by atoms with van der Waals surface area (Å²) in [5.41, 5.74) is 11.2. The molecule has 2 heteroatoms. The number of hydrogen-bond acceptors (Lipinski definition) is 0. The van der Waals surface area contributed by atoms with E-state index in [2.05, 4.69) is 208 Å². The second kappa shape index (κ2) is 11.5. The Bertz CT molecular complexity index is 2550. The molecule has 0 saturated heterocycles. The molecule has 1 aliphatic carbocycles. The van der Waals surface area contributed by atoms with Crippen LogP contribution in [0.15, 0.2) is 169 Å². The number of benzene rings is 6. The smallest absolute Gasteiger partial charge is 0.0643 e. The summed E-state index contributed by atoms with van der Waals surface area (Å²) in [6.07, 6.45) is 8.23. The van der Waals surface area contributed by atoms with Crippen molar-refractivity contribution in [2.75, 3.05) is 0 Å². The van der Waals surface area contributed by atoms with E-state index in [-0.39, 0.29) is 16.4 Å². The Kier molecular flexibility index (Phi) is 7.06. The third-order valence-electron chi connectivity index (χ3n) is 11.9. The van der Waals surface area contributed by atoms with Gasteiger partial charge in [-0.3, -0.25) is 0 Å². The Hall–Kier alpha value is -5.60. The van der Waals surface area contributed by atoms with Crippen LogP contribution in [0.1, 0.15) is 57.7 Å². The van der Waals surface area contributed by atoms with Gasteiger partial charge in [0.15, 0.2) is 0 Å². The molecular formula is C49H44N2. The highest BCUT2D eigenvalue weighted by Crippen LogP contribution is 2.43. The van der Waals surface area contributed by atoms with Gasteiger partial charge in [-0.15, -0.1) is 0 Å². The van der Waals surface area contributed by atoms with Crippen LogP contribution >= 0.6 is 0 Å². The van der Waals surface area contributed by atoms with E-state index in [0.717, 1.165) is 6.42 Å². The van der Waals surface area contributed by atoms with Crippen LogP contribution in [0.2, 0.25) is 0 Å². The molecule has 0 N–H and O–H groups in total. The van der Waals surface area contributed by atoms with Crippen molar-refractivity contribution < 1.29 is 0 Å². The molecule has 0 spiro atoms. The summed E-state index contributed by atoms with van der Waals surface area (Å²) in [7, 11) is 0. The van der Waals surface area contributed by atoms with Crippen molar-refractivity contribution in [1.29, 1.82) is 0 Å². The van der Waals surface area contributed by atoms with Crippen LogP contribution in [0, 0.1) is 0 Å². The second-order valence-electron chi connectivity index (χ2n) is 15.7. The standard InChI is InChI=1S/C49H44N2/c1-47(2,36-26-28-38(29-27-36)50-43-18-10-6-14-39(43)40-15-7-11-19-44(40)50)34-22-24-35(25-23-34)48(3,4)37-30-32-49(5,33-31-37)51-45-20-12-8-16-41(45)42-17-9-13-21-46(42)51/h6-32H,33H2,1-5H3. The number of aromatic nitrogens is 2. The van der Waals surface area contributed by atoms with E-state index >= 15 is 0 Å². The van der Waals surface area contributed by atoms with Gasteiger partial charge in [0.05, 0.1) is 16.6 Å². The molecule has 9 rings (SSSR count). The number of para-hydroxylation sites is 4. The fourth-order valence-corrected chi connectivity index (χ4v) is 8.69. The summed E-state index contributed by atoms with van der Waals surface area (Å²) >= 11 is 0. The van der Waals surface area contributed by atoms with Gasteiger partial charge in [-0.1, -0.05) is 155 Å². The molecule has 0 fully saturated rings. The summed E-state index contributed by atoms with van der Waals surface area (Å²) in [6, 6.07) is 53.6. The van der Waals surface area contributed by atoms with Gasteiger partial charge in [0, 0.05) is 49.1 Å². The van der Waals surface area contributed by atoms with Gasteiger partial charge in [0.2, 0.25) is 0 Å². The van der Waals surface area contributed by atoms with Gasteiger partial charge in [0.1, 0.15) is 0 Å². The van der Waals surface area contributed by atoms with E-state index in [4.69, 9.17) is 0 Å². The maximum Gasteiger partial charge on any atom is 0.0643 e. The molecule has 0 bridgehead atoms. The summed E-state index contributed by atoms with van der Waals surface area (Å²) < 4.78 is 4.93. The van der Waals surface area contributed by atoms with Crippen molar-refractivity contribution in [2.45, 2.75) is 57.4 Å². The molecule has 6 aromatic carbocycles. The minimum Gasteiger partial charge on any atom is -0.331 e. The number of nitrogens with zero attached hydrogens (tertiary/aromatic N) is 2. The average Bonchev–Trinajstić information content (AvgIpc) is 3.69. The van der Waals surface area contributed by atoms with Crippen molar-refractivity contribution in [3.8, 4) is 5.69 Å². The first kappa shape index (κ1) is 31.4. The van der Waals surface area contributed by atoms with Crippen LogP contribution in [0.5, 0.6) is 0 Å². The maximum absolute atomic E-state index is 2.54. The van der Waals surface area contributed by atoms with Gasteiger partial charge in [-0.2, -0.15) is 0 Å². The molecule has 2 nitrogen and oxygen atoms in total. The Morgan fingerprint density at radius 2 is 0.863 bits per heavy atom.